The summed E-state index contributed by atoms with van der Waals surface area (Å²) in [6.07, 6.45) is 0.705. The van der Waals surface area contributed by atoms with Gasteiger partial charge in [-0.2, -0.15) is 0 Å². The van der Waals surface area contributed by atoms with Crippen molar-refractivity contribution < 1.29 is 9.90 Å². The summed E-state index contributed by atoms with van der Waals surface area (Å²) < 4.78 is 0.770. The monoisotopic (exact) mass is 305 g/mol. The third kappa shape index (κ3) is 2.61. The van der Waals surface area contributed by atoms with E-state index in [0.29, 0.717) is 17.9 Å². The number of fused-ring (bicyclic) bond motifs is 1. The number of hydrogen-bond acceptors (Lipinski definition) is 6. The van der Waals surface area contributed by atoms with Crippen molar-refractivity contribution in [2.45, 2.75) is 19.9 Å². The maximum atomic E-state index is 11.1. The quantitative estimate of drug-likeness (QED) is 0.882. The zero-order valence-electron chi connectivity index (χ0n) is 12.2. The number of phenols is 1. The highest BCUT2D eigenvalue weighted by atomic mass is 32.1. The van der Waals surface area contributed by atoms with Gasteiger partial charge in [-0.05, 0) is 26.0 Å². The molecule has 0 bridgehead atoms. The number of piperazine rings is 1. The van der Waals surface area contributed by atoms with E-state index in [-0.39, 0.29) is 5.75 Å². The van der Waals surface area contributed by atoms with Crippen molar-refractivity contribution in [3.8, 4) is 5.75 Å². The van der Waals surface area contributed by atoms with E-state index in [4.69, 9.17) is 0 Å². The van der Waals surface area contributed by atoms with Gasteiger partial charge in [-0.3, -0.25) is 9.69 Å². The maximum Gasteiger partial charge on any atom is 0.186 e. The van der Waals surface area contributed by atoms with Crippen molar-refractivity contribution >= 4 is 33.0 Å². The molecule has 1 fully saturated rings. The number of aromatic nitrogens is 1. The Morgan fingerprint density at radius 1 is 1.29 bits per heavy atom. The maximum absolute atomic E-state index is 11.1. The van der Waals surface area contributed by atoms with Crippen LogP contribution in [-0.2, 0) is 0 Å². The van der Waals surface area contributed by atoms with Crippen LogP contribution in [0.5, 0.6) is 5.75 Å². The summed E-state index contributed by atoms with van der Waals surface area (Å²) in [5, 5.41) is 10.7. The van der Waals surface area contributed by atoms with E-state index in [0.717, 1.165) is 41.5 Å². The minimum atomic E-state index is 0.0253. The smallest absolute Gasteiger partial charge is 0.186 e. The number of carbonyl (C=O) groups is 1. The molecule has 1 aliphatic rings. The Hall–Kier alpha value is -1.66. The third-order valence-corrected chi connectivity index (χ3v) is 5.16. The topological polar surface area (TPSA) is 56.7 Å². The Morgan fingerprint density at radius 2 is 2.00 bits per heavy atom. The predicted molar refractivity (Wildman–Crippen MR) is 85.6 cm³/mol. The molecule has 1 saturated heterocycles. The van der Waals surface area contributed by atoms with Gasteiger partial charge in [-0.25, -0.2) is 4.98 Å². The van der Waals surface area contributed by atoms with E-state index in [9.17, 15) is 9.90 Å². The average molecular weight is 305 g/mol. The second kappa shape index (κ2) is 5.61. The summed E-state index contributed by atoms with van der Waals surface area (Å²) in [5.74, 6) is 0.0253. The summed E-state index contributed by atoms with van der Waals surface area (Å²) in [6, 6.07) is 3.87. The van der Waals surface area contributed by atoms with Crippen LogP contribution in [0.1, 0.15) is 24.2 Å². The molecule has 1 aliphatic heterocycles. The molecule has 1 aromatic carbocycles. The first kappa shape index (κ1) is 14.3. The summed E-state index contributed by atoms with van der Waals surface area (Å²) >= 11 is 1.48. The third-order valence-electron chi connectivity index (χ3n) is 3.99. The Morgan fingerprint density at radius 3 is 2.62 bits per heavy atom. The molecule has 1 aromatic heterocycles. The lowest BCUT2D eigenvalue weighted by Crippen LogP contribution is -2.48. The van der Waals surface area contributed by atoms with E-state index in [1.54, 1.807) is 6.07 Å². The minimum Gasteiger partial charge on any atom is -0.507 e. The standard InChI is InChI=1S/C15H19N3O2S/c1-10(2)17-5-7-18(8-6-17)15-16-12-3-4-13(20)11(9-19)14(12)21-15/h3-4,9-10,20H,5-8H2,1-2H3. The molecule has 0 spiro atoms. The Bertz CT molecular complexity index is 660. The summed E-state index contributed by atoms with van der Waals surface area (Å²) in [6.45, 7) is 8.37. The number of benzene rings is 1. The van der Waals surface area contributed by atoms with Crippen molar-refractivity contribution in [1.82, 2.24) is 9.88 Å². The fourth-order valence-electron chi connectivity index (χ4n) is 2.67. The largest absolute Gasteiger partial charge is 0.507 e. The fraction of sp³-hybridized carbons (Fsp3) is 0.467. The van der Waals surface area contributed by atoms with Gasteiger partial charge in [0.25, 0.3) is 0 Å². The van der Waals surface area contributed by atoms with Gasteiger partial charge in [0.15, 0.2) is 11.4 Å². The van der Waals surface area contributed by atoms with Gasteiger partial charge in [0.05, 0.1) is 15.8 Å². The number of carbonyl (C=O) groups excluding carboxylic acids is 1. The van der Waals surface area contributed by atoms with E-state index in [2.05, 4.69) is 28.6 Å². The predicted octanol–water partition coefficient (Wildman–Crippen LogP) is 2.34. The van der Waals surface area contributed by atoms with Crippen LogP contribution in [0.4, 0.5) is 5.13 Å². The van der Waals surface area contributed by atoms with Gasteiger partial charge < -0.3 is 10.0 Å². The first-order chi connectivity index (χ1) is 10.1. The molecule has 1 N–H and O–H groups in total. The molecule has 0 unspecified atom stereocenters. The Kier molecular flexibility index (Phi) is 3.82. The van der Waals surface area contributed by atoms with Crippen molar-refractivity contribution in [1.29, 1.82) is 0 Å². The van der Waals surface area contributed by atoms with Crippen LogP contribution in [0.15, 0.2) is 12.1 Å². The highest BCUT2D eigenvalue weighted by molar-refractivity contribution is 7.22. The normalized spacial score (nSPS) is 16.8. The summed E-state index contributed by atoms with van der Waals surface area (Å²) in [7, 11) is 0. The first-order valence-corrected chi connectivity index (χ1v) is 7.98. The molecule has 5 nitrogen and oxygen atoms in total. The molecule has 112 valence electrons. The number of hydrogen-bond donors (Lipinski definition) is 1. The van der Waals surface area contributed by atoms with Gasteiger partial charge in [0.2, 0.25) is 0 Å². The van der Waals surface area contributed by atoms with Crippen molar-refractivity contribution in [3.63, 3.8) is 0 Å². The van der Waals surface area contributed by atoms with Gasteiger partial charge >= 0.3 is 0 Å². The molecule has 21 heavy (non-hydrogen) atoms. The molecule has 2 heterocycles. The molecule has 0 saturated carbocycles. The number of rotatable bonds is 3. The molecule has 0 atom stereocenters. The van der Waals surface area contributed by atoms with Gasteiger partial charge in [-0.15, -0.1) is 0 Å². The van der Waals surface area contributed by atoms with Crippen LogP contribution in [0, 0.1) is 0 Å². The van der Waals surface area contributed by atoms with Crippen LogP contribution in [-0.4, -0.2) is 53.5 Å². The highest BCUT2D eigenvalue weighted by Crippen LogP contribution is 2.34. The van der Waals surface area contributed by atoms with E-state index in [1.165, 1.54) is 17.4 Å². The molecule has 0 amide bonds. The number of thiazole rings is 1. The van der Waals surface area contributed by atoms with Crippen molar-refractivity contribution in [3.05, 3.63) is 17.7 Å². The lowest BCUT2D eigenvalue weighted by atomic mass is 10.2. The van der Waals surface area contributed by atoms with Gasteiger partial charge in [-0.1, -0.05) is 11.3 Å². The number of nitrogens with zero attached hydrogens (tertiary/aromatic N) is 3. The first-order valence-electron chi connectivity index (χ1n) is 7.17. The second-order valence-electron chi connectivity index (χ2n) is 5.58. The van der Waals surface area contributed by atoms with Crippen molar-refractivity contribution in [2.75, 3.05) is 31.1 Å². The van der Waals surface area contributed by atoms with E-state index in [1.807, 2.05) is 0 Å². The minimum absolute atomic E-state index is 0.0253. The molecular formula is C15H19N3O2S. The van der Waals surface area contributed by atoms with Crippen LogP contribution in [0.25, 0.3) is 10.2 Å². The van der Waals surface area contributed by atoms with E-state index >= 15 is 0 Å². The Balaban J connectivity index is 1.87. The molecule has 2 aromatic rings. The number of aldehydes is 1. The molecule has 0 aliphatic carbocycles. The van der Waals surface area contributed by atoms with E-state index < -0.39 is 0 Å². The van der Waals surface area contributed by atoms with Crippen molar-refractivity contribution in [2.24, 2.45) is 0 Å². The molecular weight excluding hydrogens is 286 g/mol. The zero-order chi connectivity index (χ0) is 15.0. The molecule has 3 rings (SSSR count). The lowest BCUT2D eigenvalue weighted by molar-refractivity contribution is 0.112. The summed E-state index contributed by atoms with van der Waals surface area (Å²) in [5.41, 5.74) is 1.12. The number of anilines is 1. The van der Waals surface area contributed by atoms with Crippen LogP contribution >= 0.6 is 11.3 Å². The molecule has 0 radical (unpaired) electrons. The van der Waals surface area contributed by atoms with Gasteiger partial charge in [0.1, 0.15) is 5.75 Å². The SMILES string of the molecule is CC(C)N1CCN(c2nc3ccc(O)c(C=O)c3s2)CC1. The second-order valence-corrected chi connectivity index (χ2v) is 6.56. The number of phenolic OH excluding ortho intramolecular Hbond substituents is 1. The van der Waals surface area contributed by atoms with Crippen LogP contribution in [0.3, 0.4) is 0 Å². The van der Waals surface area contributed by atoms with Gasteiger partial charge in [0, 0.05) is 32.2 Å². The lowest BCUT2D eigenvalue weighted by Gasteiger charge is -2.36. The van der Waals surface area contributed by atoms with Crippen LogP contribution in [0.2, 0.25) is 0 Å². The Labute approximate surface area is 127 Å². The number of aromatic hydroxyl groups is 1. The molecule has 6 heteroatoms. The fourth-order valence-corrected chi connectivity index (χ4v) is 3.79. The highest BCUT2D eigenvalue weighted by Gasteiger charge is 2.22. The average Bonchev–Trinajstić information content (AvgIpc) is 2.91. The summed E-state index contributed by atoms with van der Waals surface area (Å²) in [4.78, 5) is 20.5. The van der Waals surface area contributed by atoms with Crippen LogP contribution < -0.4 is 4.90 Å². The zero-order valence-corrected chi connectivity index (χ0v) is 13.1.